The van der Waals surface area contributed by atoms with Gasteiger partial charge in [-0.25, -0.2) is 31.7 Å². The van der Waals surface area contributed by atoms with Gasteiger partial charge in [0.05, 0.1) is 0 Å². The Balaban J connectivity index is 1.85. The van der Waals surface area contributed by atoms with Gasteiger partial charge in [-0.05, 0) is 0 Å². The Morgan fingerprint density at radius 1 is 1.04 bits per heavy atom. The summed E-state index contributed by atoms with van der Waals surface area (Å²) >= 11 is 0. The van der Waals surface area contributed by atoms with E-state index in [0.717, 1.165) is 6.92 Å². The Morgan fingerprint density at radius 2 is 1.72 bits per heavy atom. The number of ether oxygens (including phenoxy) is 1. The Kier molecular flexibility index (Phi) is 2.66. The zero-order valence-corrected chi connectivity index (χ0v) is 13.7. The third-order valence-electron chi connectivity index (χ3n) is 4.21. The van der Waals surface area contributed by atoms with E-state index in [4.69, 9.17) is 32.2 Å². The minimum atomic E-state index is -4.78. The molecule has 5 fully saturated rings. The molecule has 0 aromatic carbocycles. The maximum atomic E-state index is 12.5. The maximum absolute atomic E-state index is 12.5. The van der Waals surface area contributed by atoms with Crippen molar-refractivity contribution >= 4 is 21.6 Å². The van der Waals surface area contributed by atoms with Gasteiger partial charge in [0, 0.05) is 6.92 Å². The van der Waals surface area contributed by atoms with E-state index >= 15 is 0 Å². The lowest BCUT2D eigenvalue weighted by Gasteiger charge is -2.58. The van der Waals surface area contributed by atoms with Crippen molar-refractivity contribution in [3.63, 3.8) is 0 Å². The Labute approximate surface area is 136 Å². The van der Waals surface area contributed by atoms with Crippen molar-refractivity contribution in [1.82, 2.24) is 5.32 Å². The molecule has 0 aromatic heterocycles. The fourth-order valence-corrected chi connectivity index (χ4v) is 6.56. The first-order valence-electron chi connectivity index (χ1n) is 6.58. The number of hydrogen-bond donors (Lipinski definition) is 4. The number of phosphoric acid groups is 2. The van der Waals surface area contributed by atoms with Gasteiger partial charge in [-0.2, -0.15) is 4.89 Å². The summed E-state index contributed by atoms with van der Waals surface area (Å²) < 4.78 is 58.7. The van der Waals surface area contributed by atoms with Crippen LogP contribution in [0.4, 0.5) is 0 Å². The lowest BCUT2D eigenvalue weighted by molar-refractivity contribution is -0.607. The van der Waals surface area contributed by atoms with Crippen LogP contribution in [-0.4, -0.2) is 56.9 Å². The van der Waals surface area contributed by atoms with Crippen molar-refractivity contribution in [1.29, 1.82) is 0 Å². The average molecular weight is 405 g/mol. The molecule has 5 heterocycles. The van der Waals surface area contributed by atoms with E-state index in [9.17, 15) is 29.2 Å². The molecule has 0 saturated carbocycles. The quantitative estimate of drug-likeness (QED) is 0.287. The number of aliphatic hydroxyl groups excluding tert-OH is 1. The molecule has 5 saturated heterocycles. The Bertz CT molecular complexity index is 819. The van der Waals surface area contributed by atoms with Gasteiger partial charge in [0.15, 0.2) is 0 Å². The molecule has 5 aliphatic rings. The molecule has 140 valence electrons. The summed E-state index contributed by atoms with van der Waals surface area (Å²) in [7, 11) is -9.50. The smallest absolute Gasteiger partial charge is 0.391 e. The fraction of sp³-hybridized carbons (Fsp3) is 0.875. The second-order valence-corrected chi connectivity index (χ2v) is 8.58. The summed E-state index contributed by atoms with van der Waals surface area (Å²) in [6, 6.07) is 0. The molecule has 0 aromatic rings. The lowest BCUT2D eigenvalue weighted by atomic mass is 9.82. The van der Waals surface area contributed by atoms with E-state index < -0.39 is 57.2 Å². The van der Waals surface area contributed by atoms with Crippen LogP contribution in [0.5, 0.6) is 0 Å². The lowest BCUT2D eigenvalue weighted by Crippen LogP contribution is -2.90. The van der Waals surface area contributed by atoms with Crippen molar-refractivity contribution < 1.29 is 66.2 Å². The molecule has 1 amide bonds. The Hall–Kier alpha value is -0.510. The highest BCUT2D eigenvalue weighted by molar-refractivity contribution is 7.49. The molecule has 17 heteroatoms. The molecule has 0 aliphatic carbocycles. The molecule has 5 bridgehead atoms. The fourth-order valence-electron chi connectivity index (χ4n) is 3.31. The molecule has 5 aliphatic heterocycles. The van der Waals surface area contributed by atoms with Gasteiger partial charge < -0.3 is 20.6 Å². The first kappa shape index (κ1) is 16.6. The number of hydrogen-bond acceptors (Lipinski definition) is 14. The summed E-state index contributed by atoms with van der Waals surface area (Å²) in [4.78, 5) is 16.3. The number of rotatable bonds is 2. The van der Waals surface area contributed by atoms with Crippen molar-refractivity contribution in [2.24, 2.45) is 0 Å². The van der Waals surface area contributed by atoms with Crippen LogP contribution in [-0.2, 0) is 50.8 Å². The van der Waals surface area contributed by atoms with Crippen molar-refractivity contribution in [2.45, 2.75) is 36.0 Å². The number of amides is 1. The average Bonchev–Trinajstić information content (AvgIpc) is 2.90. The molecule has 0 radical (unpaired) electrons. The molecule has 4 N–H and O–H groups in total. The van der Waals surface area contributed by atoms with E-state index in [2.05, 4.69) is 4.67 Å². The second kappa shape index (κ2) is 4.00. The van der Waals surface area contributed by atoms with E-state index in [-0.39, 0.29) is 0 Å². The summed E-state index contributed by atoms with van der Waals surface area (Å²) in [6.45, 7) is -0.337. The van der Waals surface area contributed by atoms with Crippen LogP contribution < -0.4 is 5.32 Å². The normalized spacial score (nSPS) is 63.7. The third-order valence-corrected chi connectivity index (χ3v) is 6.92. The minimum Gasteiger partial charge on any atom is -0.391 e. The zero-order valence-electron chi connectivity index (χ0n) is 11.9. The number of nitrogens with one attached hydrogen (secondary N) is 1. The SMILES string of the molecule is CC(=O)N[C@]12OP3(=O)OC14OOP1(=O)O[C@@](CO)(O4)[C@](O)(O1)[C@]2(O)O3. The third kappa shape index (κ3) is 1.45. The van der Waals surface area contributed by atoms with Gasteiger partial charge in [0.2, 0.25) is 5.91 Å². The molecular formula is C8H9NO14P2. The van der Waals surface area contributed by atoms with Gasteiger partial charge in [-0.15, -0.1) is 4.67 Å². The van der Waals surface area contributed by atoms with E-state index in [1.54, 1.807) is 0 Å². The highest BCUT2D eigenvalue weighted by Gasteiger charge is 3.02. The first-order valence-corrected chi connectivity index (χ1v) is 9.50. The van der Waals surface area contributed by atoms with Crippen molar-refractivity contribution in [3.05, 3.63) is 0 Å². The van der Waals surface area contributed by atoms with Crippen LogP contribution in [0.25, 0.3) is 0 Å². The standard InChI is InChI=1S/C8H9NO14P2/c1-3(11)9-5-7(13)6(12)4(2-10)16-8(5,22-24(14,19-5)21-7)17-23-25(15,18-4)20-6/h10,12-13H,2H2,1H3,(H,9,11)/t4-,5-,6+,7-,8?,24?,25?/m1/s1. The topological polar surface area (TPSA) is 198 Å². The van der Waals surface area contributed by atoms with Crippen LogP contribution in [0.1, 0.15) is 6.92 Å². The number of fused-ring (bicyclic) bond motifs is 3. The van der Waals surface area contributed by atoms with Crippen LogP contribution in [0.3, 0.4) is 0 Å². The van der Waals surface area contributed by atoms with Crippen LogP contribution in [0.15, 0.2) is 0 Å². The van der Waals surface area contributed by atoms with Gasteiger partial charge in [-0.1, -0.05) is 0 Å². The van der Waals surface area contributed by atoms with Crippen molar-refractivity contribution in [2.75, 3.05) is 6.61 Å². The molecule has 5 rings (SSSR count). The number of phosphoric ester groups is 2. The molecule has 15 nitrogen and oxygen atoms in total. The van der Waals surface area contributed by atoms with Gasteiger partial charge >= 0.3 is 21.6 Å². The molecule has 3 unspecified atom stereocenters. The van der Waals surface area contributed by atoms with Gasteiger partial charge in [0.1, 0.15) is 6.61 Å². The van der Waals surface area contributed by atoms with Gasteiger partial charge in [-0.3, -0.25) is 9.53 Å². The summed E-state index contributed by atoms with van der Waals surface area (Å²) in [5.74, 6) is -13.4. The largest absolute Gasteiger partial charge is 0.508 e. The summed E-state index contributed by atoms with van der Waals surface area (Å²) in [6.07, 6.45) is 0. The number of carbonyl (C=O) groups excluding carboxylic acids is 1. The summed E-state index contributed by atoms with van der Waals surface area (Å²) in [5, 5.41) is 33.5. The Morgan fingerprint density at radius 3 is 2.36 bits per heavy atom. The highest BCUT2D eigenvalue weighted by Crippen LogP contribution is 2.85. The molecule has 7 atom stereocenters. The van der Waals surface area contributed by atoms with E-state index in [1.807, 2.05) is 5.32 Å². The van der Waals surface area contributed by atoms with E-state index in [1.165, 1.54) is 0 Å². The molecular weight excluding hydrogens is 396 g/mol. The first-order chi connectivity index (χ1) is 11.4. The predicted molar refractivity (Wildman–Crippen MR) is 62.9 cm³/mol. The monoisotopic (exact) mass is 405 g/mol. The highest BCUT2D eigenvalue weighted by atomic mass is 31.2. The van der Waals surface area contributed by atoms with Crippen LogP contribution in [0, 0.1) is 0 Å². The number of carbonyl (C=O) groups is 1. The second-order valence-electron chi connectivity index (χ2n) is 5.73. The molecule has 25 heavy (non-hydrogen) atoms. The van der Waals surface area contributed by atoms with Gasteiger partial charge in [0.25, 0.3) is 23.1 Å². The maximum Gasteiger partial charge on any atom is 0.508 e. The zero-order chi connectivity index (χ0) is 18.1. The predicted octanol–water partition coefficient (Wildman–Crippen LogP) is -2.13. The number of aliphatic hydroxyl groups is 3. The molecule has 1 spiro atoms. The van der Waals surface area contributed by atoms with Crippen molar-refractivity contribution in [3.8, 4) is 0 Å². The van der Waals surface area contributed by atoms with Crippen LogP contribution >= 0.6 is 15.6 Å². The minimum absolute atomic E-state index is 0.916. The van der Waals surface area contributed by atoms with E-state index in [0.29, 0.717) is 0 Å². The summed E-state index contributed by atoms with van der Waals surface area (Å²) in [5.41, 5.74) is -2.87. The van der Waals surface area contributed by atoms with Crippen LogP contribution in [0.2, 0.25) is 0 Å².